The summed E-state index contributed by atoms with van der Waals surface area (Å²) in [6, 6.07) is 15.7. The number of piperidine rings is 1. The summed E-state index contributed by atoms with van der Waals surface area (Å²) in [6.07, 6.45) is 3.67. The van der Waals surface area contributed by atoms with Crippen LogP contribution in [-0.4, -0.2) is 82.0 Å². The molecule has 3 aliphatic rings. The molecule has 2 aromatic rings. The average Bonchev–Trinajstić information content (AvgIpc) is 3.88. The van der Waals surface area contributed by atoms with E-state index in [1.54, 1.807) is 25.9 Å². The Bertz CT molecular complexity index is 1330. The molecule has 10 heteroatoms. The minimum Gasteiger partial charge on any atom is -0.476 e. The smallest absolute Gasteiger partial charge is 0.270 e. The molecule has 1 saturated carbocycles. The number of nitrogens with one attached hydrogen (secondary N) is 2. The van der Waals surface area contributed by atoms with Gasteiger partial charge in [-0.05, 0) is 76.6 Å². The van der Waals surface area contributed by atoms with Gasteiger partial charge in [0.2, 0.25) is 11.8 Å². The number of anilines is 2. The van der Waals surface area contributed by atoms with Crippen molar-refractivity contribution >= 4 is 29.1 Å². The van der Waals surface area contributed by atoms with E-state index in [-0.39, 0.29) is 41.6 Å². The lowest BCUT2D eigenvalue weighted by Gasteiger charge is -2.40. The maximum absolute atomic E-state index is 14.2. The van der Waals surface area contributed by atoms with Crippen LogP contribution in [0.1, 0.15) is 52.0 Å². The fourth-order valence-corrected chi connectivity index (χ4v) is 6.30. The topological polar surface area (TPSA) is 109 Å². The lowest BCUT2D eigenvalue weighted by atomic mass is 9.88. The minimum absolute atomic E-state index is 0.00641. The summed E-state index contributed by atoms with van der Waals surface area (Å²) in [6.45, 7) is 8.57. The lowest BCUT2D eigenvalue weighted by molar-refractivity contribution is -0.132. The molecule has 3 atom stereocenters. The van der Waals surface area contributed by atoms with E-state index >= 15 is 0 Å². The van der Waals surface area contributed by atoms with E-state index < -0.39 is 5.60 Å². The van der Waals surface area contributed by atoms with Crippen LogP contribution in [0.25, 0.3) is 0 Å². The van der Waals surface area contributed by atoms with Crippen LogP contribution in [0.5, 0.6) is 5.75 Å². The second-order valence-corrected chi connectivity index (χ2v) is 12.8. The molecule has 0 bridgehead atoms. The van der Waals surface area contributed by atoms with Gasteiger partial charge in [-0.25, -0.2) is 0 Å². The number of fused-ring (bicyclic) bond motifs is 1. The normalized spacial score (nSPS) is 21.4. The number of hydrogen-bond acceptors (Lipinski definition) is 7. The van der Waals surface area contributed by atoms with E-state index in [0.717, 1.165) is 24.1 Å². The molecule has 2 N–H and O–H groups in total. The Morgan fingerprint density at radius 2 is 1.89 bits per heavy atom. The van der Waals surface area contributed by atoms with Gasteiger partial charge in [-0.1, -0.05) is 30.3 Å². The van der Waals surface area contributed by atoms with Crippen molar-refractivity contribution < 1.29 is 28.6 Å². The highest BCUT2D eigenvalue weighted by Gasteiger charge is 2.43. The minimum atomic E-state index is -0.986. The number of rotatable bonds is 14. The fraction of sp³-hybridized carbons (Fsp3) is 0.571. The van der Waals surface area contributed by atoms with E-state index in [2.05, 4.69) is 22.8 Å². The Labute approximate surface area is 266 Å². The Morgan fingerprint density at radius 3 is 2.60 bits per heavy atom. The Balaban J connectivity index is 1.30. The van der Waals surface area contributed by atoms with Crippen molar-refractivity contribution in [1.29, 1.82) is 0 Å². The highest BCUT2D eigenvalue weighted by atomic mass is 16.5. The maximum Gasteiger partial charge on any atom is 0.270 e. The van der Waals surface area contributed by atoms with Gasteiger partial charge in [-0.3, -0.25) is 14.4 Å². The molecule has 0 aromatic heterocycles. The van der Waals surface area contributed by atoms with Crippen LogP contribution in [-0.2, 0) is 30.3 Å². The number of ether oxygens (including phenoxy) is 3. The molecular formula is C35H48N4O6. The largest absolute Gasteiger partial charge is 0.476 e. The first-order valence-corrected chi connectivity index (χ1v) is 16.3. The van der Waals surface area contributed by atoms with Crippen LogP contribution in [0.3, 0.4) is 0 Å². The van der Waals surface area contributed by atoms with E-state index in [9.17, 15) is 14.4 Å². The molecule has 2 fully saturated rings. The SMILES string of the molecule is CCOC[C@@H](Cc1ccccc1)NC(=O)[C@@H]1CNC[C@H](C(=O)N(c2ccc3c(c2)N(CCCOC)C(=O)C(C)(C)O3)C2CC2)C1. The van der Waals surface area contributed by atoms with Crippen LogP contribution in [0.4, 0.5) is 11.4 Å². The third-order valence-electron chi connectivity index (χ3n) is 8.78. The zero-order valence-electron chi connectivity index (χ0n) is 27.1. The van der Waals surface area contributed by atoms with E-state index in [1.165, 1.54) is 0 Å². The van der Waals surface area contributed by atoms with Crippen LogP contribution < -0.4 is 25.2 Å². The van der Waals surface area contributed by atoms with Crippen molar-refractivity contribution in [2.45, 2.75) is 70.6 Å². The number of hydrogen-bond donors (Lipinski definition) is 2. The van der Waals surface area contributed by atoms with Crippen molar-refractivity contribution in [3.8, 4) is 5.75 Å². The van der Waals surface area contributed by atoms with Gasteiger partial charge in [-0.15, -0.1) is 0 Å². The van der Waals surface area contributed by atoms with E-state index in [4.69, 9.17) is 14.2 Å². The molecule has 1 aliphatic carbocycles. The quantitative estimate of drug-likeness (QED) is 0.310. The molecule has 0 spiro atoms. The Hall–Kier alpha value is -3.47. The summed E-state index contributed by atoms with van der Waals surface area (Å²) in [7, 11) is 1.65. The summed E-state index contributed by atoms with van der Waals surface area (Å²) in [5.41, 5.74) is 1.57. The lowest BCUT2D eigenvalue weighted by Crippen LogP contribution is -2.53. The number of nitrogens with zero attached hydrogens (tertiary/aromatic N) is 2. The summed E-state index contributed by atoms with van der Waals surface area (Å²) in [4.78, 5) is 44.7. The number of methoxy groups -OCH3 is 1. The summed E-state index contributed by atoms with van der Waals surface area (Å²) in [5, 5.41) is 6.56. The maximum atomic E-state index is 14.2. The Morgan fingerprint density at radius 1 is 1.13 bits per heavy atom. The standard InChI is InChI=1S/C35H48N4O6/c1-5-44-23-27(18-24-10-7-6-8-11-24)37-32(40)25-19-26(22-36-21-25)33(41)39(28-12-13-28)29-14-15-31-30(20-29)38(16-9-17-43-4)34(42)35(2,3)45-31/h6-8,10-11,14-15,20,25-28,36H,5,9,12-13,16-19,21-23H2,1-4H3,(H,37,40)/t25-,26+,27+/m0/s1. The van der Waals surface area contributed by atoms with Gasteiger partial charge in [0.1, 0.15) is 5.75 Å². The highest BCUT2D eigenvalue weighted by Crippen LogP contribution is 2.43. The molecule has 3 amide bonds. The molecule has 45 heavy (non-hydrogen) atoms. The van der Waals surface area contributed by atoms with Crippen LogP contribution in [0.15, 0.2) is 48.5 Å². The van der Waals surface area contributed by atoms with Crippen molar-refractivity contribution in [2.24, 2.45) is 11.8 Å². The molecule has 2 aromatic carbocycles. The van der Waals surface area contributed by atoms with E-state index in [0.29, 0.717) is 70.2 Å². The molecule has 0 unspecified atom stereocenters. The Kier molecular flexibility index (Phi) is 10.8. The monoisotopic (exact) mass is 620 g/mol. The first-order valence-electron chi connectivity index (χ1n) is 16.3. The molecule has 10 nitrogen and oxygen atoms in total. The van der Waals surface area contributed by atoms with Crippen molar-refractivity contribution in [3.63, 3.8) is 0 Å². The summed E-state index contributed by atoms with van der Waals surface area (Å²) < 4.78 is 17.0. The predicted octanol–water partition coefficient (Wildman–Crippen LogP) is 3.71. The van der Waals surface area contributed by atoms with Gasteiger partial charge in [0.05, 0.1) is 30.2 Å². The van der Waals surface area contributed by atoms with Crippen LogP contribution in [0.2, 0.25) is 0 Å². The fourth-order valence-electron chi connectivity index (χ4n) is 6.30. The van der Waals surface area contributed by atoms with Gasteiger partial charge in [0.15, 0.2) is 5.60 Å². The van der Waals surface area contributed by atoms with Gasteiger partial charge >= 0.3 is 0 Å². The number of carbonyl (C=O) groups excluding carboxylic acids is 3. The first-order chi connectivity index (χ1) is 21.7. The van der Waals surface area contributed by atoms with E-state index in [1.807, 2.05) is 48.2 Å². The molecule has 5 rings (SSSR count). The van der Waals surface area contributed by atoms with Gasteiger partial charge in [0, 0.05) is 51.7 Å². The van der Waals surface area contributed by atoms with Crippen LogP contribution >= 0.6 is 0 Å². The summed E-state index contributed by atoms with van der Waals surface area (Å²) in [5.74, 6) is -0.226. The van der Waals surface area contributed by atoms with Gasteiger partial charge in [-0.2, -0.15) is 0 Å². The highest BCUT2D eigenvalue weighted by molar-refractivity contribution is 6.04. The zero-order valence-corrected chi connectivity index (χ0v) is 27.1. The molecule has 2 heterocycles. The third-order valence-corrected chi connectivity index (χ3v) is 8.78. The van der Waals surface area contributed by atoms with Crippen LogP contribution in [0, 0.1) is 11.8 Å². The molecule has 244 valence electrons. The van der Waals surface area contributed by atoms with Crippen molar-refractivity contribution in [2.75, 3.05) is 56.4 Å². The number of amides is 3. The molecule has 0 radical (unpaired) electrons. The van der Waals surface area contributed by atoms with Crippen molar-refractivity contribution in [3.05, 3.63) is 54.1 Å². The number of benzene rings is 2. The predicted molar refractivity (Wildman–Crippen MR) is 174 cm³/mol. The zero-order chi connectivity index (χ0) is 32.0. The van der Waals surface area contributed by atoms with Crippen molar-refractivity contribution in [1.82, 2.24) is 10.6 Å². The first kappa shape index (κ1) is 32.9. The molecular weight excluding hydrogens is 572 g/mol. The average molecular weight is 621 g/mol. The third kappa shape index (κ3) is 8.04. The number of carbonyl (C=O) groups is 3. The summed E-state index contributed by atoms with van der Waals surface area (Å²) >= 11 is 0. The van der Waals surface area contributed by atoms with Gasteiger partial charge in [0.25, 0.3) is 5.91 Å². The van der Waals surface area contributed by atoms with Gasteiger partial charge < -0.3 is 34.6 Å². The second-order valence-electron chi connectivity index (χ2n) is 12.8. The second kappa shape index (κ2) is 14.7. The molecule has 1 saturated heterocycles. The molecule has 2 aliphatic heterocycles.